The second-order valence-electron chi connectivity index (χ2n) is 4.43. The number of carbonyl (C=O) groups is 1. The number of anilines is 1. The predicted octanol–water partition coefficient (Wildman–Crippen LogP) is -0.183. The number of carbonyl (C=O) groups excluding carboxylic acids is 1. The molecule has 0 radical (unpaired) electrons. The number of thioether (sulfide) groups is 1. The van der Waals surface area contributed by atoms with Crippen molar-refractivity contribution < 1.29 is 4.79 Å². The fourth-order valence-corrected chi connectivity index (χ4v) is 2.99. The Morgan fingerprint density at radius 2 is 1.95 bits per heavy atom. The molecule has 2 aromatic rings. The van der Waals surface area contributed by atoms with Gasteiger partial charge in [-0.1, -0.05) is 0 Å². The average molecular weight is 292 g/mol. The van der Waals surface area contributed by atoms with Crippen molar-refractivity contribution >= 4 is 34.1 Å². The van der Waals surface area contributed by atoms with Crippen LogP contribution in [-0.4, -0.2) is 33.8 Å². The van der Waals surface area contributed by atoms with Gasteiger partial charge in [0.1, 0.15) is 0 Å². The molecule has 1 unspecified atom stereocenters. The average Bonchev–Trinajstić information content (AvgIpc) is 2.97. The first-order chi connectivity index (χ1) is 9.65. The van der Waals surface area contributed by atoms with E-state index >= 15 is 0 Å². The van der Waals surface area contributed by atoms with Crippen LogP contribution in [0.3, 0.4) is 0 Å². The summed E-state index contributed by atoms with van der Waals surface area (Å²) in [7, 11) is 0. The maximum atomic E-state index is 12.0. The molecule has 0 aliphatic carbocycles. The molecule has 7 nitrogen and oxygen atoms in total. The highest BCUT2D eigenvalue weighted by Gasteiger charge is 2.22. The standard InChI is InChI=1S/C12H12N4O3S/c17-10-7-2-1-6(3-8(7)11(18)16-15-10)14-12(19)9-4-20-5-13-9/h1-3,9,13H,4-5H2,(H,14,19)(H,15,17)(H,16,18). The topological polar surface area (TPSA) is 107 Å². The van der Waals surface area contributed by atoms with Gasteiger partial charge in [0.15, 0.2) is 0 Å². The lowest BCUT2D eigenvalue weighted by atomic mass is 10.1. The van der Waals surface area contributed by atoms with Crippen molar-refractivity contribution in [2.75, 3.05) is 16.9 Å². The minimum Gasteiger partial charge on any atom is -0.325 e. The van der Waals surface area contributed by atoms with Gasteiger partial charge in [-0.15, -0.1) is 11.8 Å². The molecule has 4 N–H and O–H groups in total. The zero-order valence-corrected chi connectivity index (χ0v) is 11.2. The summed E-state index contributed by atoms with van der Waals surface area (Å²) in [6.45, 7) is 0. The number of H-pyrrole nitrogens is 2. The number of hydrogen-bond acceptors (Lipinski definition) is 5. The van der Waals surface area contributed by atoms with E-state index in [2.05, 4.69) is 20.8 Å². The van der Waals surface area contributed by atoms with Gasteiger partial charge in [0.25, 0.3) is 11.1 Å². The van der Waals surface area contributed by atoms with Crippen molar-refractivity contribution in [1.82, 2.24) is 15.5 Å². The van der Waals surface area contributed by atoms with Crippen LogP contribution in [0.4, 0.5) is 5.69 Å². The largest absolute Gasteiger partial charge is 0.325 e. The molecule has 1 atom stereocenters. The molecule has 1 aromatic heterocycles. The lowest BCUT2D eigenvalue weighted by Gasteiger charge is -2.10. The van der Waals surface area contributed by atoms with Crippen LogP contribution in [0.5, 0.6) is 0 Å². The summed E-state index contributed by atoms with van der Waals surface area (Å²) >= 11 is 1.66. The highest BCUT2D eigenvalue weighted by Crippen LogP contribution is 2.15. The number of benzene rings is 1. The minimum atomic E-state index is -0.398. The van der Waals surface area contributed by atoms with Crippen LogP contribution in [-0.2, 0) is 4.79 Å². The highest BCUT2D eigenvalue weighted by atomic mass is 32.2. The number of aromatic nitrogens is 2. The van der Waals surface area contributed by atoms with E-state index in [4.69, 9.17) is 0 Å². The van der Waals surface area contributed by atoms with E-state index in [-0.39, 0.29) is 22.9 Å². The van der Waals surface area contributed by atoms with Gasteiger partial charge >= 0.3 is 0 Å². The smallest absolute Gasteiger partial charge is 0.270 e. The molecule has 3 rings (SSSR count). The second kappa shape index (κ2) is 5.14. The van der Waals surface area contributed by atoms with Crippen LogP contribution < -0.4 is 21.8 Å². The minimum absolute atomic E-state index is 0.143. The van der Waals surface area contributed by atoms with Crippen molar-refractivity contribution in [1.29, 1.82) is 0 Å². The molecule has 8 heteroatoms. The van der Waals surface area contributed by atoms with Gasteiger partial charge in [-0.25, -0.2) is 0 Å². The number of nitrogens with one attached hydrogen (secondary N) is 4. The second-order valence-corrected chi connectivity index (χ2v) is 5.46. The van der Waals surface area contributed by atoms with E-state index in [1.807, 2.05) is 0 Å². The Balaban J connectivity index is 1.93. The quantitative estimate of drug-likeness (QED) is 0.614. The Hall–Kier alpha value is -2.06. The molecular formula is C12H12N4O3S. The van der Waals surface area contributed by atoms with E-state index in [1.54, 1.807) is 17.8 Å². The van der Waals surface area contributed by atoms with Crippen molar-refractivity contribution in [3.05, 3.63) is 38.9 Å². The summed E-state index contributed by atoms with van der Waals surface area (Å²) < 4.78 is 0. The van der Waals surface area contributed by atoms with E-state index < -0.39 is 5.56 Å². The van der Waals surface area contributed by atoms with Crippen molar-refractivity contribution in [2.45, 2.75) is 6.04 Å². The number of rotatable bonds is 2. The van der Waals surface area contributed by atoms with Gasteiger partial charge in [-0.05, 0) is 18.2 Å². The molecular weight excluding hydrogens is 280 g/mol. The fourth-order valence-electron chi connectivity index (χ4n) is 2.05. The van der Waals surface area contributed by atoms with Crippen LogP contribution in [0.1, 0.15) is 0 Å². The Morgan fingerprint density at radius 3 is 2.65 bits per heavy atom. The molecule has 1 aliphatic heterocycles. The molecule has 0 bridgehead atoms. The molecule has 20 heavy (non-hydrogen) atoms. The van der Waals surface area contributed by atoms with Crippen LogP contribution in [0, 0.1) is 0 Å². The third kappa shape index (κ3) is 2.35. The van der Waals surface area contributed by atoms with Crippen molar-refractivity contribution in [2.24, 2.45) is 0 Å². The van der Waals surface area contributed by atoms with Gasteiger partial charge in [-0.2, -0.15) is 0 Å². The van der Waals surface area contributed by atoms with Crippen LogP contribution in [0.15, 0.2) is 27.8 Å². The molecule has 1 saturated heterocycles. The molecule has 0 saturated carbocycles. The van der Waals surface area contributed by atoms with Crippen molar-refractivity contribution in [3.8, 4) is 0 Å². The lowest BCUT2D eigenvalue weighted by molar-refractivity contribution is -0.117. The molecule has 1 aromatic carbocycles. The maximum absolute atomic E-state index is 12.0. The zero-order valence-electron chi connectivity index (χ0n) is 10.4. The zero-order chi connectivity index (χ0) is 14.1. The first-order valence-corrected chi connectivity index (χ1v) is 7.17. The van der Waals surface area contributed by atoms with Gasteiger partial charge in [0, 0.05) is 17.3 Å². The van der Waals surface area contributed by atoms with E-state index in [0.717, 1.165) is 11.6 Å². The van der Waals surface area contributed by atoms with Crippen LogP contribution in [0.25, 0.3) is 10.8 Å². The third-order valence-electron chi connectivity index (χ3n) is 3.10. The number of aromatic amines is 2. The fraction of sp³-hybridized carbons (Fsp3) is 0.250. The summed E-state index contributed by atoms with van der Waals surface area (Å²) in [5, 5.41) is 10.9. The first-order valence-electron chi connectivity index (χ1n) is 6.02. The molecule has 0 spiro atoms. The predicted molar refractivity (Wildman–Crippen MR) is 78.1 cm³/mol. The summed E-state index contributed by atoms with van der Waals surface area (Å²) in [6, 6.07) is 4.41. The van der Waals surface area contributed by atoms with E-state index in [0.29, 0.717) is 11.1 Å². The van der Waals surface area contributed by atoms with Gasteiger partial charge in [0.2, 0.25) is 5.91 Å². The monoisotopic (exact) mass is 292 g/mol. The van der Waals surface area contributed by atoms with Crippen LogP contribution >= 0.6 is 11.8 Å². The highest BCUT2D eigenvalue weighted by molar-refractivity contribution is 7.99. The number of fused-ring (bicyclic) bond motifs is 1. The Bertz CT molecular complexity index is 776. The number of amides is 1. The summed E-state index contributed by atoms with van der Waals surface area (Å²) in [5.41, 5.74) is -0.270. The molecule has 1 amide bonds. The SMILES string of the molecule is O=C(Nc1ccc2c(=O)[nH][nH]c(=O)c2c1)C1CSCN1. The first kappa shape index (κ1) is 12.9. The summed E-state index contributed by atoms with van der Waals surface area (Å²) in [5.74, 6) is 1.33. The van der Waals surface area contributed by atoms with E-state index in [1.165, 1.54) is 12.1 Å². The molecule has 104 valence electrons. The van der Waals surface area contributed by atoms with Crippen LogP contribution in [0.2, 0.25) is 0 Å². The number of hydrogen-bond donors (Lipinski definition) is 4. The summed E-state index contributed by atoms with van der Waals surface area (Å²) in [4.78, 5) is 35.2. The molecule has 1 fully saturated rings. The Labute approximate surface area is 117 Å². The normalized spacial score (nSPS) is 18.3. The summed E-state index contributed by atoms with van der Waals surface area (Å²) in [6.07, 6.45) is 0. The Kier molecular flexibility index (Phi) is 3.33. The maximum Gasteiger partial charge on any atom is 0.270 e. The van der Waals surface area contributed by atoms with Gasteiger partial charge < -0.3 is 5.32 Å². The Morgan fingerprint density at radius 1 is 1.20 bits per heavy atom. The molecule has 2 heterocycles. The van der Waals surface area contributed by atoms with E-state index in [9.17, 15) is 14.4 Å². The van der Waals surface area contributed by atoms with Gasteiger partial charge in [-0.3, -0.25) is 29.9 Å². The molecule has 1 aliphatic rings. The van der Waals surface area contributed by atoms with Gasteiger partial charge in [0.05, 0.1) is 16.8 Å². The third-order valence-corrected chi connectivity index (χ3v) is 4.04. The van der Waals surface area contributed by atoms with Crippen molar-refractivity contribution in [3.63, 3.8) is 0 Å². The lowest BCUT2D eigenvalue weighted by Crippen LogP contribution is -2.37.